The van der Waals surface area contributed by atoms with Gasteiger partial charge >= 0.3 is 5.97 Å². The summed E-state index contributed by atoms with van der Waals surface area (Å²) in [5.74, 6) is -0.508. The third-order valence-corrected chi connectivity index (χ3v) is 7.30. The number of benzene rings is 3. The molecule has 0 N–H and O–H groups in total. The van der Waals surface area contributed by atoms with Gasteiger partial charge in [-0.3, -0.25) is 9.20 Å². The van der Waals surface area contributed by atoms with Gasteiger partial charge in [0.25, 0.3) is 0 Å². The summed E-state index contributed by atoms with van der Waals surface area (Å²) in [6, 6.07) is 22.7. The van der Waals surface area contributed by atoms with Gasteiger partial charge in [0.05, 0.1) is 18.0 Å². The molecule has 1 saturated heterocycles. The highest BCUT2D eigenvalue weighted by molar-refractivity contribution is 5.97. The van der Waals surface area contributed by atoms with Crippen LogP contribution in [0.15, 0.2) is 79.1 Å². The van der Waals surface area contributed by atoms with Crippen molar-refractivity contribution in [3.8, 4) is 16.9 Å². The minimum absolute atomic E-state index is 0.215. The Bertz CT molecular complexity index is 1630. The number of carbonyl (C=O) groups excluding carboxylic acids is 1. The Hall–Kier alpha value is -4.30. The fourth-order valence-electron chi connectivity index (χ4n) is 5.30. The number of methoxy groups -OCH3 is 1. The summed E-state index contributed by atoms with van der Waals surface area (Å²) in [7, 11) is 1.35. The second-order valence-corrected chi connectivity index (χ2v) is 9.49. The van der Waals surface area contributed by atoms with Crippen molar-refractivity contribution in [3.05, 3.63) is 96.1 Å². The Kier molecular flexibility index (Phi) is 6.25. The maximum Gasteiger partial charge on any atom is 0.316 e. The Balaban J connectivity index is 1.33. The first kappa shape index (κ1) is 24.1. The molecule has 0 bridgehead atoms. The fourth-order valence-corrected chi connectivity index (χ4v) is 5.30. The van der Waals surface area contributed by atoms with Crippen LogP contribution in [-0.4, -0.2) is 40.9 Å². The molecule has 1 aliphatic rings. The molecule has 1 fully saturated rings. The van der Waals surface area contributed by atoms with E-state index in [0.717, 1.165) is 33.2 Å². The van der Waals surface area contributed by atoms with Crippen LogP contribution in [0.25, 0.3) is 27.7 Å². The normalized spacial score (nSPS) is 15.0. The highest BCUT2D eigenvalue weighted by atomic mass is 19.1. The van der Waals surface area contributed by atoms with Crippen LogP contribution in [0.3, 0.4) is 0 Å². The summed E-state index contributed by atoms with van der Waals surface area (Å²) in [5, 5.41) is 9.41. The van der Waals surface area contributed by atoms with E-state index >= 15 is 0 Å². The van der Waals surface area contributed by atoms with Crippen molar-refractivity contribution in [2.24, 2.45) is 0 Å². The SMILES string of the molecule is COC(=O)C1(c2cc(F)cc(OCc3ccc4c(-c5ccccc5)cc5nncn5c4c3)c2)CCOCC1. The van der Waals surface area contributed by atoms with E-state index in [4.69, 9.17) is 14.2 Å². The third kappa shape index (κ3) is 4.26. The van der Waals surface area contributed by atoms with E-state index in [1.165, 1.54) is 19.2 Å². The van der Waals surface area contributed by atoms with Crippen molar-refractivity contribution in [3.63, 3.8) is 0 Å². The molecule has 2 aromatic heterocycles. The molecule has 3 heterocycles. The van der Waals surface area contributed by atoms with Crippen molar-refractivity contribution in [2.75, 3.05) is 20.3 Å². The molecule has 0 spiro atoms. The molecule has 38 heavy (non-hydrogen) atoms. The number of halogens is 1. The summed E-state index contributed by atoms with van der Waals surface area (Å²) in [5.41, 5.74) is 4.33. The highest BCUT2D eigenvalue weighted by Gasteiger charge is 2.43. The first-order chi connectivity index (χ1) is 18.6. The van der Waals surface area contributed by atoms with Gasteiger partial charge in [0, 0.05) is 24.7 Å². The Morgan fingerprint density at radius 3 is 2.66 bits per heavy atom. The molecule has 0 amide bonds. The van der Waals surface area contributed by atoms with E-state index in [1.54, 1.807) is 12.4 Å². The lowest BCUT2D eigenvalue weighted by Crippen LogP contribution is -2.42. The van der Waals surface area contributed by atoms with Gasteiger partial charge in [0.1, 0.15) is 24.5 Å². The maximum absolute atomic E-state index is 14.7. The number of ether oxygens (including phenoxy) is 3. The standard InChI is InChI=1S/C30H26FN3O4/c1-36-29(35)30(9-11-37-12-10-30)22-14-23(31)16-24(15-22)38-18-20-7-8-25-26(21-5-3-2-4-6-21)17-28-33-32-19-34(28)27(25)13-20/h2-8,13-17,19H,9-12,18H2,1H3. The first-order valence-electron chi connectivity index (χ1n) is 12.5. The summed E-state index contributed by atoms with van der Waals surface area (Å²) in [6.07, 6.45) is 2.54. The fraction of sp³-hybridized carbons (Fsp3) is 0.233. The van der Waals surface area contributed by atoms with Crippen LogP contribution in [0.4, 0.5) is 4.39 Å². The largest absolute Gasteiger partial charge is 0.489 e. The number of esters is 1. The average Bonchev–Trinajstić information content (AvgIpc) is 3.45. The zero-order chi connectivity index (χ0) is 26.1. The summed E-state index contributed by atoms with van der Waals surface area (Å²) >= 11 is 0. The van der Waals surface area contributed by atoms with E-state index in [-0.39, 0.29) is 12.6 Å². The molecular weight excluding hydrogens is 485 g/mol. The van der Waals surface area contributed by atoms with Gasteiger partial charge in [-0.1, -0.05) is 42.5 Å². The molecule has 1 aliphatic heterocycles. The predicted octanol–water partition coefficient (Wildman–Crippen LogP) is 5.49. The Morgan fingerprint density at radius 2 is 1.87 bits per heavy atom. The van der Waals surface area contributed by atoms with Crippen molar-refractivity contribution >= 4 is 22.5 Å². The number of carbonyl (C=O) groups is 1. The first-order valence-corrected chi connectivity index (χ1v) is 12.5. The van der Waals surface area contributed by atoms with Gasteiger partial charge in [0.2, 0.25) is 0 Å². The topological polar surface area (TPSA) is 75.0 Å². The van der Waals surface area contributed by atoms with Gasteiger partial charge in [0.15, 0.2) is 5.65 Å². The lowest BCUT2D eigenvalue weighted by Gasteiger charge is -2.35. The monoisotopic (exact) mass is 511 g/mol. The second-order valence-electron chi connectivity index (χ2n) is 9.49. The summed E-state index contributed by atoms with van der Waals surface area (Å²) in [4.78, 5) is 12.8. The van der Waals surface area contributed by atoms with E-state index in [0.29, 0.717) is 37.4 Å². The Labute approximate surface area is 218 Å². The molecule has 192 valence electrons. The lowest BCUT2D eigenvalue weighted by molar-refractivity contribution is -0.151. The minimum atomic E-state index is -0.954. The molecule has 0 radical (unpaired) electrons. The molecular formula is C30H26FN3O4. The van der Waals surface area contributed by atoms with Gasteiger partial charge in [-0.05, 0) is 59.4 Å². The van der Waals surface area contributed by atoms with E-state index < -0.39 is 11.2 Å². The third-order valence-electron chi connectivity index (χ3n) is 7.30. The molecule has 8 heteroatoms. The molecule has 6 rings (SSSR count). The zero-order valence-electron chi connectivity index (χ0n) is 20.9. The van der Waals surface area contributed by atoms with E-state index in [1.807, 2.05) is 40.8 Å². The van der Waals surface area contributed by atoms with Gasteiger partial charge < -0.3 is 14.2 Å². The van der Waals surface area contributed by atoms with Crippen LogP contribution in [0.2, 0.25) is 0 Å². The number of aromatic nitrogens is 3. The molecule has 0 atom stereocenters. The van der Waals surface area contributed by atoms with E-state index in [2.05, 4.69) is 28.4 Å². The number of pyridine rings is 1. The van der Waals surface area contributed by atoms with Gasteiger partial charge in [-0.25, -0.2) is 4.39 Å². The molecule has 0 aliphatic carbocycles. The zero-order valence-corrected chi connectivity index (χ0v) is 20.9. The molecule has 5 aromatic rings. The Morgan fingerprint density at radius 1 is 1.05 bits per heavy atom. The van der Waals surface area contributed by atoms with Gasteiger partial charge in [-0.2, -0.15) is 0 Å². The predicted molar refractivity (Wildman–Crippen MR) is 140 cm³/mol. The molecule has 3 aromatic carbocycles. The maximum atomic E-state index is 14.7. The van der Waals surface area contributed by atoms with Crippen molar-refractivity contribution in [2.45, 2.75) is 24.9 Å². The number of rotatable bonds is 6. The van der Waals surface area contributed by atoms with E-state index in [9.17, 15) is 9.18 Å². The van der Waals surface area contributed by atoms with Crippen molar-refractivity contribution in [1.82, 2.24) is 14.6 Å². The van der Waals surface area contributed by atoms with Crippen LogP contribution in [0.5, 0.6) is 5.75 Å². The van der Waals surface area contributed by atoms with Crippen LogP contribution in [-0.2, 0) is 26.3 Å². The van der Waals surface area contributed by atoms with Crippen LogP contribution in [0.1, 0.15) is 24.0 Å². The number of fused-ring (bicyclic) bond motifs is 3. The average molecular weight is 512 g/mol. The molecule has 0 saturated carbocycles. The molecule has 7 nitrogen and oxygen atoms in total. The quantitative estimate of drug-likeness (QED) is 0.281. The van der Waals surface area contributed by atoms with Crippen LogP contribution >= 0.6 is 0 Å². The number of hydrogen-bond donors (Lipinski definition) is 0. The number of nitrogens with zero attached hydrogens (tertiary/aromatic N) is 3. The van der Waals surface area contributed by atoms with Crippen LogP contribution < -0.4 is 4.74 Å². The lowest BCUT2D eigenvalue weighted by atomic mass is 9.74. The molecule has 0 unspecified atom stereocenters. The van der Waals surface area contributed by atoms with Gasteiger partial charge in [-0.15, -0.1) is 10.2 Å². The highest BCUT2D eigenvalue weighted by Crippen LogP contribution is 2.38. The summed E-state index contributed by atoms with van der Waals surface area (Å²) < 4.78 is 33.3. The summed E-state index contributed by atoms with van der Waals surface area (Å²) in [6.45, 7) is 1.02. The minimum Gasteiger partial charge on any atom is -0.489 e. The van der Waals surface area contributed by atoms with Crippen molar-refractivity contribution in [1.29, 1.82) is 0 Å². The second kappa shape index (κ2) is 9.87. The van der Waals surface area contributed by atoms with Crippen LogP contribution in [0, 0.1) is 5.82 Å². The number of hydrogen-bond acceptors (Lipinski definition) is 6. The smallest absolute Gasteiger partial charge is 0.316 e. The van der Waals surface area contributed by atoms with Crippen molar-refractivity contribution < 1.29 is 23.4 Å².